The number of nitrogens with one attached hydrogen (secondary N) is 1. The molecule has 0 aliphatic heterocycles. The zero-order valence-electron chi connectivity index (χ0n) is 10.5. The van der Waals surface area contributed by atoms with Gasteiger partial charge in [0.15, 0.2) is 0 Å². The van der Waals surface area contributed by atoms with Gasteiger partial charge in [0, 0.05) is 12.6 Å². The maximum absolute atomic E-state index is 9.28. The molecule has 94 valence electrons. The highest BCUT2D eigenvalue weighted by Crippen LogP contribution is 2.23. The van der Waals surface area contributed by atoms with E-state index in [0.29, 0.717) is 18.6 Å². The third-order valence-electron chi connectivity index (χ3n) is 3.64. The van der Waals surface area contributed by atoms with E-state index in [9.17, 15) is 5.11 Å². The predicted molar refractivity (Wildman–Crippen MR) is 69.5 cm³/mol. The van der Waals surface area contributed by atoms with Gasteiger partial charge < -0.3 is 10.4 Å². The minimum absolute atomic E-state index is 0.355. The lowest BCUT2D eigenvalue weighted by atomic mass is 9.85. The summed E-state index contributed by atoms with van der Waals surface area (Å²) in [7, 11) is 0. The van der Waals surface area contributed by atoms with E-state index in [-0.39, 0.29) is 0 Å². The summed E-state index contributed by atoms with van der Waals surface area (Å²) >= 11 is 0. The molecule has 2 nitrogen and oxygen atoms in total. The normalized spacial score (nSPS) is 25.6. The highest BCUT2D eigenvalue weighted by molar-refractivity contribution is 4.80. The fourth-order valence-corrected chi connectivity index (χ4v) is 2.57. The van der Waals surface area contributed by atoms with Crippen LogP contribution in [-0.2, 0) is 0 Å². The maximum atomic E-state index is 9.28. The first-order valence-electron chi connectivity index (χ1n) is 6.83. The van der Waals surface area contributed by atoms with Crippen LogP contribution in [0.1, 0.15) is 51.4 Å². The van der Waals surface area contributed by atoms with Crippen LogP contribution in [0.2, 0.25) is 0 Å². The number of allylic oxidation sites excluding steroid dienone is 1. The lowest BCUT2D eigenvalue weighted by Gasteiger charge is -2.31. The van der Waals surface area contributed by atoms with Crippen molar-refractivity contribution in [1.82, 2.24) is 5.32 Å². The summed E-state index contributed by atoms with van der Waals surface area (Å²) in [5, 5.41) is 12.9. The Morgan fingerprint density at radius 3 is 2.75 bits per heavy atom. The van der Waals surface area contributed by atoms with Crippen molar-refractivity contribution in [2.75, 3.05) is 13.2 Å². The number of hydrogen-bond donors (Lipinski definition) is 2. The number of hydrogen-bond acceptors (Lipinski definition) is 2. The van der Waals surface area contributed by atoms with Crippen LogP contribution in [0.15, 0.2) is 12.7 Å². The van der Waals surface area contributed by atoms with Gasteiger partial charge in [0.25, 0.3) is 0 Å². The molecule has 2 atom stereocenters. The van der Waals surface area contributed by atoms with Crippen molar-refractivity contribution in [3.63, 3.8) is 0 Å². The van der Waals surface area contributed by atoms with Crippen molar-refractivity contribution in [2.45, 2.75) is 57.4 Å². The van der Waals surface area contributed by atoms with Gasteiger partial charge in [-0.25, -0.2) is 0 Å². The third kappa shape index (κ3) is 5.13. The van der Waals surface area contributed by atoms with Gasteiger partial charge in [-0.1, -0.05) is 25.3 Å². The monoisotopic (exact) mass is 225 g/mol. The Labute approximate surface area is 100 Å². The van der Waals surface area contributed by atoms with E-state index in [2.05, 4.69) is 11.9 Å². The molecular formula is C14H27NO. The molecule has 0 amide bonds. The first-order valence-corrected chi connectivity index (χ1v) is 6.83. The molecule has 0 spiro atoms. The Morgan fingerprint density at radius 1 is 1.19 bits per heavy atom. The van der Waals surface area contributed by atoms with Crippen LogP contribution in [-0.4, -0.2) is 24.3 Å². The van der Waals surface area contributed by atoms with Crippen molar-refractivity contribution < 1.29 is 5.11 Å². The number of unbranched alkanes of at least 4 members (excludes halogenated alkanes) is 3. The second kappa shape index (κ2) is 8.77. The van der Waals surface area contributed by atoms with Crippen molar-refractivity contribution in [3.05, 3.63) is 12.7 Å². The Balaban J connectivity index is 2.03. The standard InChI is InChI=1S/C14H27NO/c1-2-3-4-5-8-11-15-14-10-7-6-9-13(14)12-16/h2,13-16H,1,3-12H2. The molecule has 1 saturated carbocycles. The van der Waals surface area contributed by atoms with Gasteiger partial charge in [-0.15, -0.1) is 6.58 Å². The smallest absolute Gasteiger partial charge is 0.0474 e. The molecule has 0 heterocycles. The quantitative estimate of drug-likeness (QED) is 0.492. The average Bonchev–Trinajstić information content (AvgIpc) is 2.34. The summed E-state index contributed by atoms with van der Waals surface area (Å²) in [6.07, 6.45) is 12.0. The summed E-state index contributed by atoms with van der Waals surface area (Å²) in [5.41, 5.74) is 0. The van der Waals surface area contributed by atoms with Crippen molar-refractivity contribution in [2.24, 2.45) is 5.92 Å². The molecule has 2 heteroatoms. The van der Waals surface area contributed by atoms with E-state index in [1.807, 2.05) is 6.08 Å². The fourth-order valence-electron chi connectivity index (χ4n) is 2.57. The number of rotatable bonds is 8. The van der Waals surface area contributed by atoms with E-state index in [1.54, 1.807) is 0 Å². The van der Waals surface area contributed by atoms with Gasteiger partial charge >= 0.3 is 0 Å². The zero-order chi connectivity index (χ0) is 11.6. The molecule has 1 aliphatic rings. The van der Waals surface area contributed by atoms with Gasteiger partial charge in [-0.3, -0.25) is 0 Å². The molecule has 0 radical (unpaired) electrons. The van der Waals surface area contributed by atoms with Crippen LogP contribution >= 0.6 is 0 Å². The molecule has 2 unspecified atom stereocenters. The Morgan fingerprint density at radius 2 is 2.00 bits per heavy atom. The molecule has 0 aromatic rings. The van der Waals surface area contributed by atoms with Crippen molar-refractivity contribution in [1.29, 1.82) is 0 Å². The number of aliphatic hydroxyl groups excluding tert-OH is 1. The third-order valence-corrected chi connectivity index (χ3v) is 3.64. The van der Waals surface area contributed by atoms with Gasteiger partial charge in [0.2, 0.25) is 0 Å². The fraction of sp³-hybridized carbons (Fsp3) is 0.857. The van der Waals surface area contributed by atoms with Crippen LogP contribution in [0.25, 0.3) is 0 Å². The van der Waals surface area contributed by atoms with E-state index in [4.69, 9.17) is 0 Å². The largest absolute Gasteiger partial charge is 0.396 e. The second-order valence-electron chi connectivity index (χ2n) is 4.93. The second-order valence-corrected chi connectivity index (χ2v) is 4.93. The predicted octanol–water partition coefficient (Wildman–Crippen LogP) is 2.87. The Kier molecular flexibility index (Phi) is 7.52. The molecule has 16 heavy (non-hydrogen) atoms. The first-order chi connectivity index (χ1) is 7.88. The summed E-state index contributed by atoms with van der Waals surface area (Å²) in [4.78, 5) is 0. The molecule has 1 fully saturated rings. The lowest BCUT2D eigenvalue weighted by molar-refractivity contribution is 0.153. The first kappa shape index (κ1) is 13.7. The van der Waals surface area contributed by atoms with Crippen LogP contribution in [0.3, 0.4) is 0 Å². The lowest BCUT2D eigenvalue weighted by Crippen LogP contribution is -2.40. The van der Waals surface area contributed by atoms with Crippen LogP contribution in [0, 0.1) is 5.92 Å². The molecule has 0 aromatic carbocycles. The number of aliphatic hydroxyl groups is 1. The molecule has 0 bridgehead atoms. The molecule has 1 aliphatic carbocycles. The van der Waals surface area contributed by atoms with Crippen LogP contribution in [0.4, 0.5) is 0 Å². The molecule has 1 rings (SSSR count). The van der Waals surface area contributed by atoms with Crippen LogP contribution < -0.4 is 5.32 Å². The molecule has 2 N–H and O–H groups in total. The van der Waals surface area contributed by atoms with Gasteiger partial charge in [0.1, 0.15) is 0 Å². The minimum Gasteiger partial charge on any atom is -0.396 e. The Hall–Kier alpha value is -0.340. The van der Waals surface area contributed by atoms with Crippen LogP contribution in [0.5, 0.6) is 0 Å². The SMILES string of the molecule is C=CCCCCCNC1CCCCC1CO. The van der Waals surface area contributed by atoms with E-state index in [0.717, 1.165) is 13.0 Å². The van der Waals surface area contributed by atoms with Crippen molar-refractivity contribution in [3.8, 4) is 0 Å². The summed E-state index contributed by atoms with van der Waals surface area (Å²) in [6, 6.07) is 0.568. The molecule has 0 saturated heterocycles. The van der Waals surface area contributed by atoms with E-state index in [1.165, 1.54) is 44.9 Å². The Bertz CT molecular complexity index is 182. The molecule has 0 aromatic heterocycles. The van der Waals surface area contributed by atoms with Crippen molar-refractivity contribution >= 4 is 0 Å². The highest BCUT2D eigenvalue weighted by atomic mass is 16.3. The maximum Gasteiger partial charge on any atom is 0.0474 e. The summed E-state index contributed by atoms with van der Waals surface area (Å²) in [5.74, 6) is 0.502. The molecular weight excluding hydrogens is 198 g/mol. The van der Waals surface area contributed by atoms with E-state index >= 15 is 0 Å². The summed E-state index contributed by atoms with van der Waals surface area (Å²) in [6.45, 7) is 5.19. The zero-order valence-corrected chi connectivity index (χ0v) is 10.5. The van der Waals surface area contributed by atoms with Gasteiger partial charge in [-0.05, 0) is 44.6 Å². The van der Waals surface area contributed by atoms with E-state index < -0.39 is 0 Å². The highest BCUT2D eigenvalue weighted by Gasteiger charge is 2.23. The average molecular weight is 225 g/mol. The summed E-state index contributed by atoms with van der Waals surface area (Å²) < 4.78 is 0. The topological polar surface area (TPSA) is 32.3 Å². The minimum atomic E-state index is 0.355. The van der Waals surface area contributed by atoms with Gasteiger partial charge in [-0.2, -0.15) is 0 Å². The van der Waals surface area contributed by atoms with Gasteiger partial charge in [0.05, 0.1) is 0 Å².